The fourth-order valence-electron chi connectivity index (χ4n) is 2.91. The van der Waals surface area contributed by atoms with E-state index in [0.29, 0.717) is 28.6 Å². The van der Waals surface area contributed by atoms with E-state index in [-0.39, 0.29) is 11.7 Å². The Morgan fingerprint density at radius 1 is 1.04 bits per heavy atom. The van der Waals surface area contributed by atoms with Gasteiger partial charge in [0, 0.05) is 23.3 Å². The van der Waals surface area contributed by atoms with E-state index in [4.69, 9.17) is 11.6 Å². The summed E-state index contributed by atoms with van der Waals surface area (Å²) in [5, 5.41) is 3.46. The lowest BCUT2D eigenvalue weighted by molar-refractivity contribution is 0.0948. The highest BCUT2D eigenvalue weighted by atomic mass is 35.5. The van der Waals surface area contributed by atoms with Crippen molar-refractivity contribution < 1.29 is 9.18 Å². The van der Waals surface area contributed by atoms with Crippen LogP contribution in [0.1, 0.15) is 16.1 Å². The van der Waals surface area contributed by atoms with Gasteiger partial charge in [0.15, 0.2) is 5.69 Å². The molecule has 4 rings (SSSR count). The van der Waals surface area contributed by atoms with Crippen molar-refractivity contribution in [1.82, 2.24) is 14.7 Å². The number of fused-ring (bicyclic) bond motifs is 1. The van der Waals surface area contributed by atoms with Crippen molar-refractivity contribution in [2.45, 2.75) is 6.54 Å². The molecule has 27 heavy (non-hydrogen) atoms. The molecule has 2 aromatic heterocycles. The van der Waals surface area contributed by atoms with Gasteiger partial charge in [-0.1, -0.05) is 35.9 Å². The SMILES string of the molecule is O=C(NCc1ccccc1Cl)c1nc(-c2ccc(F)cc2)n2ccccc12. The number of hydrogen-bond acceptors (Lipinski definition) is 2. The van der Waals surface area contributed by atoms with Crippen LogP contribution >= 0.6 is 11.6 Å². The van der Waals surface area contributed by atoms with E-state index in [1.165, 1.54) is 12.1 Å². The topological polar surface area (TPSA) is 46.4 Å². The Morgan fingerprint density at radius 3 is 2.56 bits per heavy atom. The molecule has 0 fully saturated rings. The number of benzene rings is 2. The van der Waals surface area contributed by atoms with Crippen molar-refractivity contribution in [3.05, 3.63) is 95.0 Å². The number of amides is 1. The van der Waals surface area contributed by atoms with Crippen LogP contribution in [0.5, 0.6) is 0 Å². The normalized spacial score (nSPS) is 10.9. The Bertz CT molecular complexity index is 1120. The second-order valence-electron chi connectivity index (χ2n) is 6.02. The van der Waals surface area contributed by atoms with Crippen LogP contribution in [0.4, 0.5) is 4.39 Å². The Balaban J connectivity index is 1.68. The third-order valence-electron chi connectivity index (χ3n) is 4.26. The standard InChI is InChI=1S/C21H15ClFN3O/c22-17-6-2-1-5-15(17)13-24-21(27)19-18-7-3-4-12-26(18)20(25-19)14-8-10-16(23)11-9-14/h1-12H,13H2,(H,24,27). The maximum absolute atomic E-state index is 13.2. The molecule has 0 saturated heterocycles. The minimum Gasteiger partial charge on any atom is -0.346 e. The van der Waals surface area contributed by atoms with Crippen LogP contribution < -0.4 is 5.32 Å². The number of pyridine rings is 1. The van der Waals surface area contributed by atoms with Crippen LogP contribution in [0.15, 0.2) is 72.9 Å². The Hall–Kier alpha value is -3.18. The van der Waals surface area contributed by atoms with Crippen molar-refractivity contribution >= 4 is 23.0 Å². The summed E-state index contributed by atoms with van der Waals surface area (Å²) in [7, 11) is 0. The molecule has 0 bridgehead atoms. The number of hydrogen-bond donors (Lipinski definition) is 1. The summed E-state index contributed by atoms with van der Waals surface area (Å²) >= 11 is 6.14. The number of nitrogens with one attached hydrogen (secondary N) is 1. The molecule has 0 aliphatic rings. The predicted molar refractivity (Wildman–Crippen MR) is 103 cm³/mol. The predicted octanol–water partition coefficient (Wildman–Crippen LogP) is 4.72. The lowest BCUT2D eigenvalue weighted by Crippen LogP contribution is -2.23. The molecule has 0 aliphatic carbocycles. The van der Waals surface area contributed by atoms with Gasteiger partial charge in [0.05, 0.1) is 5.52 Å². The quantitative estimate of drug-likeness (QED) is 0.557. The van der Waals surface area contributed by atoms with Crippen molar-refractivity contribution in [3.8, 4) is 11.4 Å². The molecule has 0 unspecified atom stereocenters. The fourth-order valence-corrected chi connectivity index (χ4v) is 3.11. The Labute approximate surface area is 160 Å². The average molecular weight is 380 g/mol. The first-order valence-electron chi connectivity index (χ1n) is 8.38. The monoisotopic (exact) mass is 379 g/mol. The van der Waals surface area contributed by atoms with Gasteiger partial charge in [-0.05, 0) is 48.0 Å². The van der Waals surface area contributed by atoms with Gasteiger partial charge in [-0.25, -0.2) is 9.37 Å². The molecular weight excluding hydrogens is 365 g/mol. The molecule has 1 amide bonds. The zero-order valence-corrected chi connectivity index (χ0v) is 14.9. The van der Waals surface area contributed by atoms with Gasteiger partial charge >= 0.3 is 0 Å². The van der Waals surface area contributed by atoms with E-state index in [1.54, 1.807) is 18.2 Å². The maximum Gasteiger partial charge on any atom is 0.272 e. The van der Waals surface area contributed by atoms with E-state index >= 15 is 0 Å². The number of carbonyl (C=O) groups excluding carboxylic acids is 1. The third kappa shape index (κ3) is 3.41. The van der Waals surface area contributed by atoms with Crippen LogP contribution in [0.3, 0.4) is 0 Å². The van der Waals surface area contributed by atoms with Crippen molar-refractivity contribution in [1.29, 1.82) is 0 Å². The molecule has 1 N–H and O–H groups in total. The lowest BCUT2D eigenvalue weighted by Gasteiger charge is -2.05. The number of imidazole rings is 1. The molecular formula is C21H15ClFN3O. The number of aromatic nitrogens is 2. The summed E-state index contributed by atoms with van der Waals surface area (Å²) < 4.78 is 15.1. The van der Waals surface area contributed by atoms with Crippen LogP contribution in [0.25, 0.3) is 16.9 Å². The highest BCUT2D eigenvalue weighted by Crippen LogP contribution is 2.23. The minimum absolute atomic E-state index is 0.299. The van der Waals surface area contributed by atoms with Crippen molar-refractivity contribution in [2.24, 2.45) is 0 Å². The first-order valence-corrected chi connectivity index (χ1v) is 8.76. The molecule has 0 radical (unpaired) electrons. The number of rotatable bonds is 4. The summed E-state index contributed by atoms with van der Waals surface area (Å²) in [5.41, 5.74) is 2.54. The molecule has 0 aliphatic heterocycles. The largest absolute Gasteiger partial charge is 0.346 e. The summed E-state index contributed by atoms with van der Waals surface area (Å²) in [6.07, 6.45) is 1.83. The number of halogens is 2. The third-order valence-corrected chi connectivity index (χ3v) is 4.63. The molecule has 2 heterocycles. The van der Waals surface area contributed by atoms with Gasteiger partial charge < -0.3 is 5.32 Å². The average Bonchev–Trinajstić information content (AvgIpc) is 3.08. The lowest BCUT2D eigenvalue weighted by atomic mass is 10.2. The summed E-state index contributed by atoms with van der Waals surface area (Å²) in [6, 6.07) is 18.9. The molecule has 6 heteroatoms. The second kappa shape index (κ2) is 7.21. The Morgan fingerprint density at radius 2 is 1.78 bits per heavy atom. The fraction of sp³-hybridized carbons (Fsp3) is 0.0476. The molecule has 0 saturated carbocycles. The molecule has 4 nitrogen and oxygen atoms in total. The van der Waals surface area contributed by atoms with Crippen molar-refractivity contribution in [2.75, 3.05) is 0 Å². The van der Waals surface area contributed by atoms with Gasteiger partial charge in [-0.2, -0.15) is 0 Å². The van der Waals surface area contributed by atoms with E-state index < -0.39 is 0 Å². The van der Waals surface area contributed by atoms with Crippen LogP contribution in [0.2, 0.25) is 5.02 Å². The van der Waals surface area contributed by atoms with Crippen molar-refractivity contribution in [3.63, 3.8) is 0 Å². The van der Waals surface area contributed by atoms with E-state index in [0.717, 1.165) is 11.1 Å². The van der Waals surface area contributed by atoms with Gasteiger partial charge in [-0.15, -0.1) is 0 Å². The van der Waals surface area contributed by atoms with E-state index in [9.17, 15) is 9.18 Å². The van der Waals surface area contributed by atoms with E-state index in [2.05, 4.69) is 10.3 Å². The highest BCUT2D eigenvalue weighted by molar-refractivity contribution is 6.31. The first-order chi connectivity index (χ1) is 13.1. The minimum atomic E-state index is -0.322. The smallest absolute Gasteiger partial charge is 0.272 e. The van der Waals surface area contributed by atoms with Crippen LogP contribution in [0, 0.1) is 5.82 Å². The number of carbonyl (C=O) groups is 1. The van der Waals surface area contributed by atoms with Gasteiger partial charge in [0.1, 0.15) is 11.6 Å². The summed E-state index contributed by atoms with van der Waals surface area (Å²) in [4.78, 5) is 17.3. The molecule has 4 aromatic rings. The Kier molecular flexibility index (Phi) is 4.60. The molecule has 0 spiro atoms. The zero-order chi connectivity index (χ0) is 18.8. The number of nitrogens with zero attached hydrogens (tertiary/aromatic N) is 2. The zero-order valence-electron chi connectivity index (χ0n) is 14.2. The van der Waals surface area contributed by atoms with E-state index in [1.807, 2.05) is 47.0 Å². The van der Waals surface area contributed by atoms with Crippen LogP contribution in [-0.2, 0) is 6.54 Å². The van der Waals surface area contributed by atoms with Gasteiger partial charge in [0.2, 0.25) is 0 Å². The van der Waals surface area contributed by atoms with Gasteiger partial charge in [0.25, 0.3) is 5.91 Å². The van der Waals surface area contributed by atoms with Crippen LogP contribution in [-0.4, -0.2) is 15.3 Å². The molecule has 134 valence electrons. The van der Waals surface area contributed by atoms with Gasteiger partial charge in [-0.3, -0.25) is 9.20 Å². The molecule has 2 aromatic carbocycles. The second-order valence-corrected chi connectivity index (χ2v) is 6.43. The maximum atomic E-state index is 13.2. The highest BCUT2D eigenvalue weighted by Gasteiger charge is 2.18. The summed E-state index contributed by atoms with van der Waals surface area (Å²) in [5.74, 6) is -0.0437. The first kappa shape index (κ1) is 17.2. The molecule has 0 atom stereocenters. The summed E-state index contributed by atoms with van der Waals surface area (Å²) in [6.45, 7) is 0.302.